The SMILES string of the molecule is Cc1ccc(S(=O)(=O)N2CCc3cccc([Si](C)(C)C)c32)cc1. The molecule has 1 aliphatic rings. The maximum Gasteiger partial charge on any atom is 0.264 e. The van der Waals surface area contributed by atoms with Crippen LogP contribution in [0.5, 0.6) is 0 Å². The number of anilines is 1. The summed E-state index contributed by atoms with van der Waals surface area (Å²) in [5.41, 5.74) is 3.15. The molecule has 0 bridgehead atoms. The molecule has 0 aliphatic carbocycles. The average Bonchev–Trinajstić information content (AvgIpc) is 2.91. The van der Waals surface area contributed by atoms with Crippen LogP contribution in [-0.4, -0.2) is 23.0 Å². The minimum absolute atomic E-state index is 0.376. The maximum atomic E-state index is 13.1. The van der Waals surface area contributed by atoms with Crippen molar-refractivity contribution >= 4 is 29.0 Å². The monoisotopic (exact) mass is 345 g/mol. The molecule has 1 heterocycles. The van der Waals surface area contributed by atoms with Gasteiger partial charge >= 0.3 is 0 Å². The second kappa shape index (κ2) is 5.49. The lowest BCUT2D eigenvalue weighted by molar-refractivity contribution is 0.592. The van der Waals surface area contributed by atoms with Gasteiger partial charge in [-0.25, -0.2) is 8.42 Å². The molecule has 0 N–H and O–H groups in total. The number of fused-ring (bicyclic) bond motifs is 1. The lowest BCUT2D eigenvalue weighted by atomic mass is 10.2. The Morgan fingerprint density at radius 2 is 1.65 bits per heavy atom. The Morgan fingerprint density at radius 1 is 1.00 bits per heavy atom. The molecular weight excluding hydrogens is 322 g/mol. The number of nitrogens with zero attached hydrogens (tertiary/aromatic N) is 1. The van der Waals surface area contributed by atoms with Gasteiger partial charge in [0.1, 0.15) is 0 Å². The number of benzene rings is 2. The highest BCUT2D eigenvalue weighted by molar-refractivity contribution is 7.92. The predicted molar refractivity (Wildman–Crippen MR) is 98.8 cm³/mol. The third-order valence-electron chi connectivity index (χ3n) is 4.37. The van der Waals surface area contributed by atoms with E-state index in [0.717, 1.165) is 23.2 Å². The van der Waals surface area contributed by atoms with Crippen LogP contribution >= 0.6 is 0 Å². The van der Waals surface area contributed by atoms with Gasteiger partial charge in [0.15, 0.2) is 0 Å². The molecule has 23 heavy (non-hydrogen) atoms. The van der Waals surface area contributed by atoms with E-state index in [9.17, 15) is 8.42 Å². The summed E-state index contributed by atoms with van der Waals surface area (Å²) >= 11 is 0. The van der Waals surface area contributed by atoms with E-state index >= 15 is 0 Å². The van der Waals surface area contributed by atoms with Gasteiger partial charge in [-0.3, -0.25) is 4.31 Å². The van der Waals surface area contributed by atoms with Gasteiger partial charge in [0, 0.05) is 6.54 Å². The van der Waals surface area contributed by atoms with E-state index in [1.54, 1.807) is 16.4 Å². The fraction of sp³-hybridized carbons (Fsp3) is 0.333. The Kier molecular flexibility index (Phi) is 3.89. The first-order valence-electron chi connectivity index (χ1n) is 7.93. The molecule has 1 aliphatic heterocycles. The van der Waals surface area contributed by atoms with Crippen molar-refractivity contribution in [3.8, 4) is 0 Å². The lowest BCUT2D eigenvalue weighted by Gasteiger charge is -2.27. The van der Waals surface area contributed by atoms with Crippen LogP contribution in [0.25, 0.3) is 0 Å². The van der Waals surface area contributed by atoms with Crippen molar-refractivity contribution in [2.45, 2.75) is 37.9 Å². The number of aryl methyl sites for hydroxylation is 1. The predicted octanol–water partition coefficient (Wildman–Crippen LogP) is 3.29. The second-order valence-corrected chi connectivity index (χ2v) is 14.1. The Morgan fingerprint density at radius 3 is 2.26 bits per heavy atom. The highest BCUT2D eigenvalue weighted by atomic mass is 32.2. The third kappa shape index (κ3) is 2.83. The molecule has 0 saturated heterocycles. The molecule has 2 aromatic carbocycles. The van der Waals surface area contributed by atoms with Gasteiger partial charge in [0.25, 0.3) is 10.0 Å². The molecule has 3 nitrogen and oxygen atoms in total. The van der Waals surface area contributed by atoms with E-state index in [4.69, 9.17) is 0 Å². The van der Waals surface area contributed by atoms with Crippen LogP contribution in [0.3, 0.4) is 0 Å². The Balaban J connectivity index is 2.14. The first kappa shape index (κ1) is 16.3. The normalized spacial score (nSPS) is 14.9. The highest BCUT2D eigenvalue weighted by Crippen LogP contribution is 2.33. The molecule has 122 valence electrons. The summed E-state index contributed by atoms with van der Waals surface area (Å²) < 4.78 is 27.9. The fourth-order valence-corrected chi connectivity index (χ4v) is 6.31. The van der Waals surface area contributed by atoms with Gasteiger partial charge < -0.3 is 0 Å². The molecule has 3 rings (SSSR count). The number of para-hydroxylation sites is 1. The van der Waals surface area contributed by atoms with Crippen molar-refractivity contribution in [3.05, 3.63) is 53.6 Å². The number of hydrogen-bond acceptors (Lipinski definition) is 2. The molecule has 0 fully saturated rings. The van der Waals surface area contributed by atoms with Crippen molar-refractivity contribution in [1.29, 1.82) is 0 Å². The number of hydrogen-bond donors (Lipinski definition) is 0. The first-order chi connectivity index (χ1) is 10.7. The van der Waals surface area contributed by atoms with Crippen molar-refractivity contribution < 1.29 is 8.42 Å². The van der Waals surface area contributed by atoms with Gasteiger partial charge in [-0.2, -0.15) is 0 Å². The maximum absolute atomic E-state index is 13.1. The van der Waals surface area contributed by atoms with Crippen molar-refractivity contribution in [3.63, 3.8) is 0 Å². The number of rotatable bonds is 3. The molecule has 0 saturated carbocycles. The molecule has 0 aromatic heterocycles. The molecule has 0 unspecified atom stereocenters. The summed E-state index contributed by atoms with van der Waals surface area (Å²) in [5.74, 6) is 0. The van der Waals surface area contributed by atoms with E-state index in [2.05, 4.69) is 37.8 Å². The summed E-state index contributed by atoms with van der Waals surface area (Å²) in [4.78, 5) is 0.376. The van der Waals surface area contributed by atoms with E-state index in [1.165, 1.54) is 5.19 Å². The first-order valence-corrected chi connectivity index (χ1v) is 12.9. The third-order valence-corrected chi connectivity index (χ3v) is 8.20. The van der Waals surface area contributed by atoms with Gasteiger partial charge in [-0.1, -0.05) is 55.5 Å². The molecular formula is C18H23NO2SSi. The molecule has 0 radical (unpaired) electrons. The summed E-state index contributed by atoms with van der Waals surface area (Å²) in [6.45, 7) is 9.28. The van der Waals surface area contributed by atoms with Gasteiger partial charge in [-0.05, 0) is 36.2 Å². The van der Waals surface area contributed by atoms with Crippen LogP contribution in [0.15, 0.2) is 47.4 Å². The Hall–Kier alpha value is -1.59. The van der Waals surface area contributed by atoms with Crippen molar-refractivity contribution in [2.24, 2.45) is 0 Å². The van der Waals surface area contributed by atoms with Crippen LogP contribution < -0.4 is 9.49 Å². The van der Waals surface area contributed by atoms with Crippen molar-refractivity contribution in [1.82, 2.24) is 0 Å². The summed E-state index contributed by atoms with van der Waals surface area (Å²) in [6.07, 6.45) is 0.790. The largest absolute Gasteiger partial charge is 0.266 e. The minimum atomic E-state index is -3.50. The van der Waals surface area contributed by atoms with Gasteiger partial charge in [-0.15, -0.1) is 0 Å². The Labute approximate surface area is 140 Å². The molecule has 0 atom stereocenters. The average molecular weight is 346 g/mol. The summed E-state index contributed by atoms with van der Waals surface area (Å²) in [7, 11) is -5.12. The van der Waals surface area contributed by atoms with E-state index < -0.39 is 18.1 Å². The number of sulfonamides is 1. The molecule has 2 aromatic rings. The van der Waals surface area contributed by atoms with E-state index in [0.29, 0.717) is 11.4 Å². The highest BCUT2D eigenvalue weighted by Gasteiger charge is 2.35. The zero-order valence-electron chi connectivity index (χ0n) is 14.1. The van der Waals surface area contributed by atoms with Crippen LogP contribution in [0, 0.1) is 6.92 Å². The zero-order chi connectivity index (χ0) is 16.8. The van der Waals surface area contributed by atoms with Crippen molar-refractivity contribution in [2.75, 3.05) is 10.8 Å². The van der Waals surface area contributed by atoms with E-state index in [1.807, 2.05) is 19.1 Å². The molecule has 5 heteroatoms. The van der Waals surface area contributed by atoms with E-state index in [-0.39, 0.29) is 0 Å². The zero-order valence-corrected chi connectivity index (χ0v) is 15.9. The second-order valence-electron chi connectivity index (χ2n) is 7.20. The summed E-state index contributed by atoms with van der Waals surface area (Å²) in [5, 5.41) is 1.23. The van der Waals surface area contributed by atoms with Crippen LogP contribution in [0.1, 0.15) is 11.1 Å². The van der Waals surface area contributed by atoms with Crippen LogP contribution in [0.2, 0.25) is 19.6 Å². The van der Waals surface area contributed by atoms with Crippen LogP contribution in [0.4, 0.5) is 5.69 Å². The standard InChI is InChI=1S/C18H23NO2SSi/c1-14-8-10-16(11-9-14)22(20,21)19-13-12-15-6-5-7-17(18(15)19)23(2,3)4/h5-11H,12-13H2,1-4H3. The fourth-order valence-electron chi connectivity index (χ4n) is 3.10. The smallest absolute Gasteiger partial charge is 0.264 e. The Bertz CT molecular complexity index is 836. The quantitative estimate of drug-likeness (QED) is 0.801. The van der Waals surface area contributed by atoms with Crippen LogP contribution in [-0.2, 0) is 16.4 Å². The van der Waals surface area contributed by atoms with Gasteiger partial charge in [0.05, 0.1) is 18.7 Å². The summed E-state index contributed by atoms with van der Waals surface area (Å²) in [6, 6.07) is 13.4. The van der Waals surface area contributed by atoms with Gasteiger partial charge in [0.2, 0.25) is 0 Å². The lowest BCUT2D eigenvalue weighted by Crippen LogP contribution is -2.43. The molecule has 0 spiro atoms. The topological polar surface area (TPSA) is 37.4 Å². The minimum Gasteiger partial charge on any atom is -0.266 e. The molecule has 0 amide bonds.